The van der Waals surface area contributed by atoms with Crippen LogP contribution in [0.1, 0.15) is 29.4 Å². The van der Waals surface area contributed by atoms with Crippen molar-refractivity contribution in [2.45, 2.75) is 24.7 Å². The summed E-state index contributed by atoms with van der Waals surface area (Å²) in [5.41, 5.74) is 0. The van der Waals surface area contributed by atoms with Crippen LogP contribution in [-0.4, -0.2) is 37.8 Å². The van der Waals surface area contributed by atoms with Crippen LogP contribution in [-0.2, 0) is 10.0 Å². The minimum Gasteiger partial charge on any atom is -0.477 e. The predicted molar refractivity (Wildman–Crippen MR) is 72.0 cm³/mol. The first-order valence-corrected chi connectivity index (χ1v) is 8.20. The fourth-order valence-corrected chi connectivity index (χ4v) is 3.98. The van der Waals surface area contributed by atoms with E-state index >= 15 is 0 Å². The summed E-state index contributed by atoms with van der Waals surface area (Å²) in [5.74, 6) is -1.22. The van der Waals surface area contributed by atoms with Crippen LogP contribution >= 0.6 is 11.3 Å². The van der Waals surface area contributed by atoms with Crippen LogP contribution < -0.4 is 4.72 Å². The van der Waals surface area contributed by atoms with Gasteiger partial charge in [0.1, 0.15) is 9.77 Å². The lowest BCUT2D eigenvalue weighted by Gasteiger charge is -2.14. The van der Waals surface area contributed by atoms with Gasteiger partial charge in [-0.2, -0.15) is 0 Å². The Morgan fingerprint density at radius 3 is 2.74 bits per heavy atom. The Hall–Kier alpha value is -0.960. The monoisotopic (exact) mass is 307 g/mol. The molecule has 108 valence electrons. The third-order valence-corrected chi connectivity index (χ3v) is 5.29. The molecule has 0 fully saturated rings. The second kappa shape index (κ2) is 6.99. The lowest BCUT2D eigenvalue weighted by molar-refractivity contribution is 0.0698. The van der Waals surface area contributed by atoms with E-state index in [0.717, 1.165) is 17.8 Å². The largest absolute Gasteiger partial charge is 0.477 e. The van der Waals surface area contributed by atoms with E-state index in [0.29, 0.717) is 6.42 Å². The molecule has 0 saturated heterocycles. The molecule has 1 aromatic rings. The van der Waals surface area contributed by atoms with E-state index in [4.69, 9.17) is 10.2 Å². The van der Waals surface area contributed by atoms with Crippen molar-refractivity contribution in [1.29, 1.82) is 0 Å². The normalized spacial score (nSPS) is 13.4. The van der Waals surface area contributed by atoms with E-state index in [1.807, 2.05) is 6.92 Å². The molecule has 0 bridgehead atoms. The molecule has 0 spiro atoms. The van der Waals surface area contributed by atoms with Crippen LogP contribution in [0, 0.1) is 5.92 Å². The van der Waals surface area contributed by atoms with Gasteiger partial charge in [-0.05, 0) is 23.8 Å². The Morgan fingerprint density at radius 2 is 2.21 bits per heavy atom. The number of carboxylic acids is 1. The average molecular weight is 307 g/mol. The van der Waals surface area contributed by atoms with E-state index in [1.165, 1.54) is 11.4 Å². The number of rotatable bonds is 8. The van der Waals surface area contributed by atoms with Gasteiger partial charge in [0.25, 0.3) is 0 Å². The number of carboxylic acid groups (broad SMARTS) is 1. The molecule has 0 amide bonds. The lowest BCUT2D eigenvalue weighted by Crippen LogP contribution is -2.30. The van der Waals surface area contributed by atoms with Gasteiger partial charge in [0.2, 0.25) is 10.0 Å². The molecular weight excluding hydrogens is 290 g/mol. The second-order valence-corrected chi connectivity index (χ2v) is 6.71. The van der Waals surface area contributed by atoms with Crippen LogP contribution in [0.5, 0.6) is 0 Å². The molecule has 0 radical (unpaired) electrons. The van der Waals surface area contributed by atoms with Gasteiger partial charge in [0, 0.05) is 13.2 Å². The van der Waals surface area contributed by atoms with Gasteiger partial charge in [0.05, 0.1) is 0 Å². The zero-order valence-corrected chi connectivity index (χ0v) is 12.1. The molecule has 0 aliphatic carbocycles. The quantitative estimate of drug-likeness (QED) is 0.668. The highest BCUT2D eigenvalue weighted by Crippen LogP contribution is 2.22. The Bertz CT molecular complexity index is 523. The van der Waals surface area contributed by atoms with Crippen molar-refractivity contribution >= 4 is 27.3 Å². The number of aliphatic hydroxyl groups excluding tert-OH is 1. The van der Waals surface area contributed by atoms with Crippen molar-refractivity contribution in [3.8, 4) is 0 Å². The maximum atomic E-state index is 12.0. The molecule has 0 aromatic carbocycles. The average Bonchev–Trinajstić information content (AvgIpc) is 2.84. The van der Waals surface area contributed by atoms with Gasteiger partial charge in [0.15, 0.2) is 0 Å². The predicted octanol–water partition coefficient (Wildman–Crippen LogP) is 1.13. The minimum absolute atomic E-state index is 0.000931. The number of sulfonamides is 1. The molecule has 8 heteroatoms. The number of thiophene rings is 1. The van der Waals surface area contributed by atoms with Crippen molar-refractivity contribution < 1.29 is 23.4 Å². The van der Waals surface area contributed by atoms with E-state index in [2.05, 4.69) is 4.72 Å². The van der Waals surface area contributed by atoms with Gasteiger partial charge >= 0.3 is 5.97 Å². The molecule has 0 aliphatic rings. The lowest BCUT2D eigenvalue weighted by atomic mass is 10.0. The molecule has 0 aliphatic heterocycles. The highest BCUT2D eigenvalue weighted by atomic mass is 32.2. The van der Waals surface area contributed by atoms with Crippen molar-refractivity contribution in [3.63, 3.8) is 0 Å². The number of hydrogen-bond donors (Lipinski definition) is 3. The van der Waals surface area contributed by atoms with Crippen LogP contribution in [0.3, 0.4) is 0 Å². The van der Waals surface area contributed by atoms with Gasteiger partial charge in [-0.25, -0.2) is 17.9 Å². The summed E-state index contributed by atoms with van der Waals surface area (Å²) < 4.78 is 26.4. The third kappa shape index (κ3) is 4.27. The van der Waals surface area contributed by atoms with Crippen LogP contribution in [0.15, 0.2) is 16.3 Å². The molecule has 3 N–H and O–H groups in total. The first-order valence-electron chi connectivity index (χ1n) is 5.83. The Labute approximate surface area is 116 Å². The smallest absolute Gasteiger partial charge is 0.347 e. The SMILES string of the molecule is CCC(CCO)CNS(=O)(=O)c1ccsc1C(=O)O. The van der Waals surface area contributed by atoms with Crippen molar-refractivity contribution in [2.24, 2.45) is 5.92 Å². The van der Waals surface area contributed by atoms with Crippen molar-refractivity contribution in [3.05, 3.63) is 16.3 Å². The van der Waals surface area contributed by atoms with E-state index in [9.17, 15) is 13.2 Å². The first-order chi connectivity index (χ1) is 8.92. The summed E-state index contributed by atoms with van der Waals surface area (Å²) in [4.78, 5) is 10.5. The zero-order chi connectivity index (χ0) is 14.5. The highest BCUT2D eigenvalue weighted by molar-refractivity contribution is 7.89. The summed E-state index contributed by atoms with van der Waals surface area (Å²) in [6.45, 7) is 2.09. The van der Waals surface area contributed by atoms with E-state index in [-0.39, 0.29) is 28.8 Å². The molecule has 0 saturated carbocycles. The summed E-state index contributed by atoms with van der Waals surface area (Å²) in [6.07, 6.45) is 1.24. The fourth-order valence-electron chi connectivity index (χ4n) is 1.60. The van der Waals surface area contributed by atoms with E-state index in [1.54, 1.807) is 0 Å². The molecule has 1 atom stereocenters. The first kappa shape index (κ1) is 16.1. The number of aliphatic hydroxyl groups is 1. The second-order valence-electron chi connectivity index (χ2n) is 4.06. The van der Waals surface area contributed by atoms with Gasteiger partial charge in [-0.1, -0.05) is 13.3 Å². The maximum Gasteiger partial charge on any atom is 0.347 e. The molecule has 1 aromatic heterocycles. The molecule has 1 rings (SSSR count). The summed E-state index contributed by atoms with van der Waals surface area (Å²) in [5, 5.41) is 19.2. The maximum absolute atomic E-state index is 12.0. The molecule has 19 heavy (non-hydrogen) atoms. The Morgan fingerprint density at radius 1 is 1.53 bits per heavy atom. The molecule has 1 unspecified atom stereocenters. The third-order valence-electron chi connectivity index (χ3n) is 2.79. The Kier molecular flexibility index (Phi) is 5.92. The van der Waals surface area contributed by atoms with Crippen molar-refractivity contribution in [1.82, 2.24) is 4.72 Å². The number of aromatic carboxylic acids is 1. The van der Waals surface area contributed by atoms with Crippen LogP contribution in [0.2, 0.25) is 0 Å². The van der Waals surface area contributed by atoms with Crippen molar-refractivity contribution in [2.75, 3.05) is 13.2 Å². The number of nitrogens with one attached hydrogen (secondary N) is 1. The minimum atomic E-state index is -3.82. The van der Waals surface area contributed by atoms with Crippen LogP contribution in [0.25, 0.3) is 0 Å². The number of carbonyl (C=O) groups is 1. The van der Waals surface area contributed by atoms with Crippen LogP contribution in [0.4, 0.5) is 0 Å². The summed E-state index contributed by atoms with van der Waals surface area (Å²) in [7, 11) is -3.82. The summed E-state index contributed by atoms with van der Waals surface area (Å²) >= 11 is 0.876. The zero-order valence-electron chi connectivity index (χ0n) is 10.5. The van der Waals surface area contributed by atoms with Gasteiger partial charge in [-0.3, -0.25) is 0 Å². The standard InChI is InChI=1S/C11H17NO5S2/c1-2-8(3-5-13)7-12-19(16,17)9-4-6-18-10(9)11(14)15/h4,6,8,12-13H,2-3,5,7H2,1H3,(H,14,15). The molecule has 6 nitrogen and oxygen atoms in total. The number of hydrogen-bond acceptors (Lipinski definition) is 5. The topological polar surface area (TPSA) is 104 Å². The molecular formula is C11H17NO5S2. The van der Waals surface area contributed by atoms with E-state index < -0.39 is 16.0 Å². The highest BCUT2D eigenvalue weighted by Gasteiger charge is 2.24. The Balaban J connectivity index is 2.81. The van der Waals surface area contributed by atoms with Gasteiger partial charge < -0.3 is 10.2 Å². The van der Waals surface area contributed by atoms with Gasteiger partial charge in [-0.15, -0.1) is 11.3 Å². The fraction of sp³-hybridized carbons (Fsp3) is 0.545. The summed E-state index contributed by atoms with van der Waals surface area (Å²) in [6, 6.07) is 1.28. The molecule has 1 heterocycles.